The van der Waals surface area contributed by atoms with Crippen LogP contribution in [0.3, 0.4) is 0 Å². The number of nitrogens with zero attached hydrogens (tertiary/aromatic N) is 2. The first-order valence-electron chi connectivity index (χ1n) is 9.86. The van der Waals surface area contributed by atoms with Crippen molar-refractivity contribution in [2.45, 2.75) is 32.3 Å². The highest BCUT2D eigenvalue weighted by atomic mass is 16.6. The van der Waals surface area contributed by atoms with E-state index in [0.29, 0.717) is 18.0 Å². The number of nitro groups is 1. The number of hydrogen-bond donors (Lipinski definition) is 2. The van der Waals surface area contributed by atoms with E-state index in [-0.39, 0.29) is 30.5 Å². The summed E-state index contributed by atoms with van der Waals surface area (Å²) in [5, 5.41) is 23.6. The van der Waals surface area contributed by atoms with Crippen molar-refractivity contribution in [1.82, 2.24) is 5.32 Å². The number of nitrogens with one attached hydrogen (secondary N) is 1. The lowest BCUT2D eigenvalue weighted by Crippen LogP contribution is -2.35. The predicted octanol–water partition coefficient (Wildman–Crippen LogP) is 2.92. The fourth-order valence-electron chi connectivity index (χ4n) is 3.46. The second kappa shape index (κ2) is 9.04. The number of hydrogen-bond acceptors (Lipinski definition) is 5. The van der Waals surface area contributed by atoms with Crippen LogP contribution in [0.4, 0.5) is 11.4 Å². The zero-order chi connectivity index (χ0) is 21.8. The van der Waals surface area contributed by atoms with Gasteiger partial charge in [0.2, 0.25) is 11.8 Å². The van der Waals surface area contributed by atoms with Gasteiger partial charge in [0.1, 0.15) is 0 Å². The van der Waals surface area contributed by atoms with Gasteiger partial charge in [-0.15, -0.1) is 0 Å². The fraction of sp³-hybridized carbons (Fsp3) is 0.364. The Labute approximate surface area is 174 Å². The Morgan fingerprint density at radius 1 is 1.23 bits per heavy atom. The summed E-state index contributed by atoms with van der Waals surface area (Å²) >= 11 is 0. The quantitative estimate of drug-likeness (QED) is 0.537. The zero-order valence-corrected chi connectivity index (χ0v) is 16.9. The van der Waals surface area contributed by atoms with Gasteiger partial charge in [0, 0.05) is 37.3 Å². The average Bonchev–Trinajstić information content (AvgIpc) is 3.13. The molecule has 0 spiro atoms. The maximum Gasteiger partial charge on any atom is 0.269 e. The van der Waals surface area contributed by atoms with E-state index in [1.807, 2.05) is 24.3 Å². The number of benzene rings is 2. The number of non-ortho nitro benzene ring substituents is 1. The Kier molecular flexibility index (Phi) is 6.47. The van der Waals surface area contributed by atoms with Gasteiger partial charge < -0.3 is 15.3 Å². The van der Waals surface area contributed by atoms with Crippen molar-refractivity contribution in [3.05, 3.63) is 69.8 Å². The molecule has 0 bridgehead atoms. The van der Waals surface area contributed by atoms with Gasteiger partial charge in [-0.2, -0.15) is 0 Å². The standard InChI is InChI=1S/C22H25N3O5/c1-14(2)16-4-3-5-19(10-16)24-13-17(11-21(24)27)22(28)23-12-20(26)15-6-8-18(9-7-15)25(29)30/h3-10,14,17,20,26H,11-13H2,1-2H3,(H,23,28)/t17-,20-/m1/s1. The molecule has 2 N–H and O–H groups in total. The van der Waals surface area contributed by atoms with E-state index in [1.165, 1.54) is 24.3 Å². The molecule has 1 saturated heterocycles. The van der Waals surface area contributed by atoms with Gasteiger partial charge in [-0.3, -0.25) is 19.7 Å². The lowest BCUT2D eigenvalue weighted by molar-refractivity contribution is -0.384. The van der Waals surface area contributed by atoms with Crippen LogP contribution in [0.5, 0.6) is 0 Å². The SMILES string of the molecule is CC(C)c1cccc(N2C[C@H](C(=O)NC[C@@H](O)c3ccc([N+](=O)[O-])cc3)CC2=O)c1. The Bertz CT molecular complexity index is 942. The number of carbonyl (C=O) groups excluding carboxylic acids is 2. The Balaban J connectivity index is 1.58. The van der Waals surface area contributed by atoms with E-state index in [9.17, 15) is 24.8 Å². The molecule has 1 fully saturated rings. The summed E-state index contributed by atoms with van der Waals surface area (Å²) < 4.78 is 0. The van der Waals surface area contributed by atoms with E-state index < -0.39 is 16.9 Å². The largest absolute Gasteiger partial charge is 0.387 e. The maximum absolute atomic E-state index is 12.5. The molecule has 30 heavy (non-hydrogen) atoms. The highest BCUT2D eigenvalue weighted by Crippen LogP contribution is 2.28. The number of carbonyl (C=O) groups is 2. The van der Waals surface area contributed by atoms with Crippen molar-refractivity contribution in [2.75, 3.05) is 18.0 Å². The van der Waals surface area contributed by atoms with Crippen LogP contribution in [0.25, 0.3) is 0 Å². The van der Waals surface area contributed by atoms with Gasteiger partial charge >= 0.3 is 0 Å². The first-order valence-corrected chi connectivity index (χ1v) is 9.86. The molecule has 0 unspecified atom stereocenters. The summed E-state index contributed by atoms with van der Waals surface area (Å²) in [5.41, 5.74) is 2.31. The molecule has 1 aliphatic rings. The van der Waals surface area contributed by atoms with E-state index in [4.69, 9.17) is 0 Å². The van der Waals surface area contributed by atoms with Crippen molar-refractivity contribution in [3.63, 3.8) is 0 Å². The number of rotatable bonds is 7. The molecule has 1 aliphatic heterocycles. The van der Waals surface area contributed by atoms with E-state index in [1.54, 1.807) is 4.90 Å². The molecule has 2 aromatic rings. The summed E-state index contributed by atoms with van der Waals surface area (Å²) in [7, 11) is 0. The van der Waals surface area contributed by atoms with Gasteiger partial charge in [0.05, 0.1) is 16.9 Å². The molecule has 2 amide bonds. The first-order chi connectivity index (χ1) is 14.3. The molecule has 0 saturated carbocycles. The van der Waals surface area contributed by atoms with Crippen LogP contribution >= 0.6 is 0 Å². The Morgan fingerprint density at radius 2 is 1.93 bits per heavy atom. The molecule has 8 nitrogen and oxygen atoms in total. The average molecular weight is 411 g/mol. The second-order valence-corrected chi connectivity index (χ2v) is 7.76. The molecule has 0 aliphatic carbocycles. The summed E-state index contributed by atoms with van der Waals surface area (Å²) in [4.78, 5) is 36.8. The Hall–Kier alpha value is -3.26. The summed E-state index contributed by atoms with van der Waals surface area (Å²) in [6.45, 7) is 4.42. The molecule has 158 valence electrons. The van der Waals surface area contributed by atoms with Crippen molar-refractivity contribution in [3.8, 4) is 0 Å². The van der Waals surface area contributed by atoms with Gasteiger partial charge in [-0.05, 0) is 41.3 Å². The minimum atomic E-state index is -0.995. The van der Waals surface area contributed by atoms with E-state index in [0.717, 1.165) is 11.3 Å². The number of amides is 2. The van der Waals surface area contributed by atoms with Crippen molar-refractivity contribution in [2.24, 2.45) is 5.92 Å². The predicted molar refractivity (Wildman–Crippen MR) is 112 cm³/mol. The zero-order valence-electron chi connectivity index (χ0n) is 16.9. The molecular formula is C22H25N3O5. The van der Waals surface area contributed by atoms with Crippen LogP contribution in [0.15, 0.2) is 48.5 Å². The van der Waals surface area contributed by atoms with Crippen molar-refractivity contribution < 1.29 is 19.6 Å². The third kappa shape index (κ3) is 4.83. The second-order valence-electron chi connectivity index (χ2n) is 7.76. The van der Waals surface area contributed by atoms with E-state index in [2.05, 4.69) is 19.2 Å². The summed E-state index contributed by atoms with van der Waals surface area (Å²) in [6.07, 6.45) is -0.878. The van der Waals surface area contributed by atoms with Crippen molar-refractivity contribution >= 4 is 23.2 Å². The molecule has 1 heterocycles. The lowest BCUT2D eigenvalue weighted by atomic mass is 10.0. The molecule has 8 heteroatoms. The highest BCUT2D eigenvalue weighted by molar-refractivity contribution is 6.00. The van der Waals surface area contributed by atoms with Gasteiger partial charge in [0.15, 0.2) is 0 Å². The topological polar surface area (TPSA) is 113 Å². The van der Waals surface area contributed by atoms with Gasteiger partial charge in [-0.1, -0.05) is 26.0 Å². The molecular weight excluding hydrogens is 386 g/mol. The van der Waals surface area contributed by atoms with Gasteiger partial charge in [-0.25, -0.2) is 0 Å². The number of anilines is 1. The first kappa shape index (κ1) is 21.4. The van der Waals surface area contributed by atoms with Crippen LogP contribution in [0.1, 0.15) is 43.4 Å². The number of aliphatic hydroxyl groups excluding tert-OH is 1. The highest BCUT2D eigenvalue weighted by Gasteiger charge is 2.35. The number of aliphatic hydroxyl groups is 1. The summed E-state index contributed by atoms with van der Waals surface area (Å²) in [6, 6.07) is 13.3. The molecule has 2 atom stereocenters. The van der Waals surface area contributed by atoms with Crippen LogP contribution in [-0.4, -0.2) is 34.9 Å². The van der Waals surface area contributed by atoms with Crippen LogP contribution in [-0.2, 0) is 9.59 Å². The third-order valence-electron chi connectivity index (χ3n) is 5.30. The van der Waals surface area contributed by atoms with Crippen molar-refractivity contribution in [1.29, 1.82) is 0 Å². The normalized spacial score (nSPS) is 17.3. The smallest absolute Gasteiger partial charge is 0.269 e. The van der Waals surface area contributed by atoms with E-state index >= 15 is 0 Å². The Morgan fingerprint density at radius 3 is 2.57 bits per heavy atom. The van der Waals surface area contributed by atoms with Gasteiger partial charge in [0.25, 0.3) is 5.69 Å². The molecule has 2 aromatic carbocycles. The number of nitro benzene ring substituents is 1. The third-order valence-corrected chi connectivity index (χ3v) is 5.30. The minimum Gasteiger partial charge on any atom is -0.387 e. The van der Waals surface area contributed by atoms with Crippen LogP contribution in [0.2, 0.25) is 0 Å². The van der Waals surface area contributed by atoms with Crippen LogP contribution < -0.4 is 10.2 Å². The molecule has 0 aromatic heterocycles. The minimum absolute atomic E-state index is 0.0375. The summed E-state index contributed by atoms with van der Waals surface area (Å²) in [5.74, 6) is -0.564. The molecule has 3 rings (SSSR count). The van der Waals surface area contributed by atoms with Crippen LogP contribution in [0, 0.1) is 16.0 Å². The lowest BCUT2D eigenvalue weighted by Gasteiger charge is -2.19. The molecule has 0 radical (unpaired) electrons. The fourth-order valence-corrected chi connectivity index (χ4v) is 3.46. The maximum atomic E-state index is 12.5. The monoisotopic (exact) mass is 411 g/mol.